The Morgan fingerprint density at radius 1 is 1.56 bits per heavy atom. The molecule has 1 saturated carbocycles. The zero-order valence-electron chi connectivity index (χ0n) is 10.5. The van der Waals surface area contributed by atoms with Gasteiger partial charge in [0.1, 0.15) is 5.69 Å². The number of hydrogen-bond acceptors (Lipinski definition) is 5. The van der Waals surface area contributed by atoms with E-state index >= 15 is 0 Å². The van der Waals surface area contributed by atoms with Crippen molar-refractivity contribution in [3.8, 4) is 0 Å². The first-order chi connectivity index (χ1) is 8.74. The Balaban J connectivity index is 2.05. The fraction of sp³-hybridized carbons (Fsp3) is 0.538. The topological polar surface area (TPSA) is 62.7 Å². The van der Waals surface area contributed by atoms with Crippen LogP contribution in [0.15, 0.2) is 18.2 Å². The van der Waals surface area contributed by atoms with Crippen LogP contribution in [0.25, 0.3) is 0 Å². The number of aliphatic hydroxyl groups is 1. The van der Waals surface area contributed by atoms with Gasteiger partial charge in [0.15, 0.2) is 0 Å². The molecule has 2 rings (SSSR count). The number of esters is 1. The lowest BCUT2D eigenvalue weighted by molar-refractivity contribution is 0.0593. The molecule has 1 aromatic heterocycles. The zero-order valence-corrected chi connectivity index (χ0v) is 10.5. The number of pyridine rings is 1. The molecule has 5 nitrogen and oxygen atoms in total. The van der Waals surface area contributed by atoms with Gasteiger partial charge >= 0.3 is 5.97 Å². The number of methoxy groups -OCH3 is 1. The SMILES string of the molecule is COC(=O)c1cccc(CN(CCO)C2CC2)n1. The largest absolute Gasteiger partial charge is 0.464 e. The maximum atomic E-state index is 11.4. The van der Waals surface area contributed by atoms with E-state index in [1.807, 2.05) is 6.07 Å². The van der Waals surface area contributed by atoms with Crippen molar-refractivity contribution in [2.24, 2.45) is 0 Å². The van der Waals surface area contributed by atoms with Crippen molar-refractivity contribution >= 4 is 5.97 Å². The predicted octanol–water partition coefficient (Wildman–Crippen LogP) is 0.825. The molecule has 5 heteroatoms. The van der Waals surface area contributed by atoms with Crippen LogP contribution in [0.1, 0.15) is 29.0 Å². The van der Waals surface area contributed by atoms with E-state index in [-0.39, 0.29) is 6.61 Å². The number of rotatable bonds is 6. The highest BCUT2D eigenvalue weighted by Gasteiger charge is 2.28. The Morgan fingerprint density at radius 2 is 2.33 bits per heavy atom. The van der Waals surface area contributed by atoms with E-state index in [0.29, 0.717) is 24.8 Å². The molecule has 1 heterocycles. The minimum absolute atomic E-state index is 0.146. The van der Waals surface area contributed by atoms with Crippen LogP contribution in [0.2, 0.25) is 0 Å². The first kappa shape index (κ1) is 13.0. The van der Waals surface area contributed by atoms with E-state index in [1.54, 1.807) is 12.1 Å². The molecular formula is C13H18N2O3. The summed E-state index contributed by atoms with van der Waals surface area (Å²) in [5.41, 5.74) is 1.16. The van der Waals surface area contributed by atoms with Gasteiger partial charge in [-0.2, -0.15) is 0 Å². The van der Waals surface area contributed by atoms with Crippen molar-refractivity contribution < 1.29 is 14.6 Å². The van der Waals surface area contributed by atoms with Crippen LogP contribution in [0, 0.1) is 0 Å². The number of aliphatic hydroxyl groups excluding tert-OH is 1. The Kier molecular flexibility index (Phi) is 4.28. The van der Waals surface area contributed by atoms with Crippen molar-refractivity contribution in [3.05, 3.63) is 29.6 Å². The Morgan fingerprint density at radius 3 is 2.94 bits per heavy atom. The second-order valence-electron chi connectivity index (χ2n) is 4.43. The van der Waals surface area contributed by atoms with E-state index in [9.17, 15) is 4.79 Å². The third kappa shape index (κ3) is 3.27. The number of hydrogen-bond donors (Lipinski definition) is 1. The fourth-order valence-corrected chi connectivity index (χ4v) is 1.95. The second kappa shape index (κ2) is 5.93. The standard InChI is InChI=1S/C13H18N2O3/c1-18-13(17)12-4-2-3-10(14-12)9-15(7-8-16)11-5-6-11/h2-4,11,16H,5-9H2,1H3. The van der Waals surface area contributed by atoms with E-state index in [0.717, 1.165) is 5.69 Å². The molecule has 0 radical (unpaired) electrons. The lowest BCUT2D eigenvalue weighted by atomic mass is 10.2. The monoisotopic (exact) mass is 250 g/mol. The molecule has 1 fully saturated rings. The number of carbonyl (C=O) groups is 1. The number of ether oxygens (including phenoxy) is 1. The van der Waals surface area contributed by atoms with Crippen LogP contribution in [0.3, 0.4) is 0 Å². The molecule has 1 N–H and O–H groups in total. The van der Waals surface area contributed by atoms with Gasteiger partial charge in [-0.05, 0) is 25.0 Å². The Hall–Kier alpha value is -1.46. The zero-order chi connectivity index (χ0) is 13.0. The number of nitrogens with zero attached hydrogens (tertiary/aromatic N) is 2. The molecule has 1 aliphatic rings. The van der Waals surface area contributed by atoms with Gasteiger partial charge in [-0.1, -0.05) is 6.07 Å². The maximum absolute atomic E-state index is 11.4. The summed E-state index contributed by atoms with van der Waals surface area (Å²) in [6.45, 7) is 1.46. The summed E-state index contributed by atoms with van der Waals surface area (Å²) in [6.07, 6.45) is 2.35. The molecular weight excluding hydrogens is 232 g/mol. The van der Waals surface area contributed by atoms with Crippen LogP contribution >= 0.6 is 0 Å². The van der Waals surface area contributed by atoms with Crippen molar-refractivity contribution in [2.75, 3.05) is 20.3 Å². The molecule has 0 amide bonds. The van der Waals surface area contributed by atoms with Crippen molar-refractivity contribution in [2.45, 2.75) is 25.4 Å². The van der Waals surface area contributed by atoms with E-state index < -0.39 is 5.97 Å². The molecule has 0 aromatic carbocycles. The summed E-state index contributed by atoms with van der Waals surface area (Å²) in [6, 6.07) is 5.89. The third-order valence-corrected chi connectivity index (χ3v) is 3.02. The summed E-state index contributed by atoms with van der Waals surface area (Å²) in [7, 11) is 1.35. The summed E-state index contributed by atoms with van der Waals surface area (Å²) in [5, 5.41) is 9.04. The van der Waals surface area contributed by atoms with Crippen molar-refractivity contribution in [1.29, 1.82) is 0 Å². The lowest BCUT2D eigenvalue weighted by Gasteiger charge is -2.20. The van der Waals surface area contributed by atoms with Crippen molar-refractivity contribution in [1.82, 2.24) is 9.88 Å². The average Bonchev–Trinajstić information content (AvgIpc) is 3.22. The van der Waals surface area contributed by atoms with E-state index in [4.69, 9.17) is 5.11 Å². The molecule has 98 valence electrons. The molecule has 0 spiro atoms. The summed E-state index contributed by atoms with van der Waals surface area (Å²) < 4.78 is 4.65. The van der Waals surface area contributed by atoms with Crippen LogP contribution in [-0.2, 0) is 11.3 Å². The summed E-state index contributed by atoms with van der Waals surface area (Å²) in [4.78, 5) is 17.9. The van der Waals surface area contributed by atoms with Crippen LogP contribution in [0.5, 0.6) is 0 Å². The Labute approximate surface area is 106 Å². The third-order valence-electron chi connectivity index (χ3n) is 3.02. The van der Waals surface area contributed by atoms with Gasteiger partial charge < -0.3 is 9.84 Å². The van der Waals surface area contributed by atoms with Gasteiger partial charge in [0.05, 0.1) is 19.4 Å². The molecule has 0 unspecified atom stereocenters. The first-order valence-corrected chi connectivity index (χ1v) is 6.13. The predicted molar refractivity (Wildman–Crippen MR) is 66.1 cm³/mol. The summed E-state index contributed by atoms with van der Waals surface area (Å²) >= 11 is 0. The second-order valence-corrected chi connectivity index (χ2v) is 4.43. The smallest absolute Gasteiger partial charge is 0.356 e. The first-order valence-electron chi connectivity index (χ1n) is 6.13. The normalized spacial score (nSPS) is 14.8. The van der Waals surface area contributed by atoms with Gasteiger partial charge in [-0.15, -0.1) is 0 Å². The molecule has 0 aliphatic heterocycles. The van der Waals surface area contributed by atoms with Crippen LogP contribution in [0.4, 0.5) is 0 Å². The van der Waals surface area contributed by atoms with Gasteiger partial charge in [0.25, 0.3) is 0 Å². The summed E-state index contributed by atoms with van der Waals surface area (Å²) in [5.74, 6) is -0.419. The molecule has 1 aromatic rings. The van der Waals surface area contributed by atoms with Gasteiger partial charge in [-0.3, -0.25) is 4.90 Å². The molecule has 0 atom stereocenters. The highest BCUT2D eigenvalue weighted by atomic mass is 16.5. The fourth-order valence-electron chi connectivity index (χ4n) is 1.95. The highest BCUT2D eigenvalue weighted by molar-refractivity contribution is 5.87. The van der Waals surface area contributed by atoms with E-state index in [1.165, 1.54) is 20.0 Å². The molecule has 0 bridgehead atoms. The van der Waals surface area contributed by atoms with Crippen LogP contribution < -0.4 is 0 Å². The average molecular weight is 250 g/mol. The number of carbonyl (C=O) groups excluding carboxylic acids is 1. The highest BCUT2D eigenvalue weighted by Crippen LogP contribution is 2.27. The minimum Gasteiger partial charge on any atom is -0.464 e. The van der Waals surface area contributed by atoms with Gasteiger partial charge in [-0.25, -0.2) is 9.78 Å². The van der Waals surface area contributed by atoms with Gasteiger partial charge in [0.2, 0.25) is 0 Å². The number of aromatic nitrogens is 1. The van der Waals surface area contributed by atoms with Crippen LogP contribution in [-0.4, -0.2) is 47.3 Å². The van der Waals surface area contributed by atoms with E-state index in [2.05, 4.69) is 14.6 Å². The molecule has 0 saturated heterocycles. The Bertz CT molecular complexity index is 418. The molecule has 18 heavy (non-hydrogen) atoms. The minimum atomic E-state index is -0.419. The van der Waals surface area contributed by atoms with Crippen molar-refractivity contribution in [3.63, 3.8) is 0 Å². The van der Waals surface area contributed by atoms with Gasteiger partial charge in [0, 0.05) is 19.1 Å². The lowest BCUT2D eigenvalue weighted by Crippen LogP contribution is -2.29. The molecule has 1 aliphatic carbocycles. The quantitative estimate of drug-likeness (QED) is 0.757. The maximum Gasteiger partial charge on any atom is 0.356 e.